The summed E-state index contributed by atoms with van der Waals surface area (Å²) in [6.07, 6.45) is 10.2. The van der Waals surface area contributed by atoms with Gasteiger partial charge in [0.15, 0.2) is 0 Å². The molecule has 4 N–H and O–H groups in total. The minimum absolute atomic E-state index is 0.324. The van der Waals surface area contributed by atoms with Crippen LogP contribution in [-0.2, 0) is 4.79 Å². The van der Waals surface area contributed by atoms with E-state index in [0.717, 1.165) is 54.4 Å². The molecule has 2 aromatic heterocycles. The molecule has 130 valence electrons. The van der Waals surface area contributed by atoms with Gasteiger partial charge in [0.25, 0.3) is 0 Å². The monoisotopic (exact) mass is 338 g/mol. The summed E-state index contributed by atoms with van der Waals surface area (Å²) in [5.74, 6) is -0.147. The van der Waals surface area contributed by atoms with Crippen LogP contribution in [0.4, 0.5) is 5.82 Å². The number of rotatable bonds is 5. The molecule has 0 aromatic carbocycles. The third-order valence-corrected chi connectivity index (χ3v) is 4.35. The molecule has 6 heteroatoms. The minimum atomic E-state index is -0.984. The van der Waals surface area contributed by atoms with Gasteiger partial charge in [0.2, 0.25) is 0 Å². The van der Waals surface area contributed by atoms with Crippen LogP contribution in [0.15, 0.2) is 42.7 Å². The summed E-state index contributed by atoms with van der Waals surface area (Å²) in [7, 11) is 0. The van der Waals surface area contributed by atoms with Crippen LogP contribution in [0.5, 0.6) is 0 Å². The summed E-state index contributed by atoms with van der Waals surface area (Å²) in [4.78, 5) is 19.5. The highest BCUT2D eigenvalue weighted by molar-refractivity contribution is 5.85. The van der Waals surface area contributed by atoms with Gasteiger partial charge >= 0.3 is 5.97 Å². The Hall–Kier alpha value is -2.73. The smallest absolute Gasteiger partial charge is 0.328 e. The molecule has 1 saturated carbocycles. The summed E-state index contributed by atoms with van der Waals surface area (Å²) in [5.41, 5.74) is 8.33. The van der Waals surface area contributed by atoms with E-state index in [2.05, 4.69) is 15.3 Å². The highest BCUT2D eigenvalue weighted by Crippen LogP contribution is 2.23. The lowest BCUT2D eigenvalue weighted by molar-refractivity contribution is -0.131. The summed E-state index contributed by atoms with van der Waals surface area (Å²) >= 11 is 0. The van der Waals surface area contributed by atoms with Crippen molar-refractivity contribution in [1.82, 2.24) is 9.97 Å². The van der Waals surface area contributed by atoms with E-state index >= 15 is 0 Å². The van der Waals surface area contributed by atoms with Crippen LogP contribution >= 0.6 is 0 Å². The standard InChI is InChI=1S/C19H22N4O2/c20-15-5-7-16(8-6-15)22-18-3-1-2-17(23-18)14-10-13(11-21-12-14)4-9-19(24)25/h1-4,9-12,15-16H,5-8,20H2,(H,22,23)(H,24,25)/b9-4+. The van der Waals surface area contributed by atoms with Gasteiger partial charge in [-0.25, -0.2) is 9.78 Å². The predicted octanol–water partition coefficient (Wildman–Crippen LogP) is 2.92. The molecule has 0 saturated heterocycles. The van der Waals surface area contributed by atoms with Crippen molar-refractivity contribution in [2.45, 2.75) is 37.8 Å². The molecule has 6 nitrogen and oxygen atoms in total. The highest BCUT2D eigenvalue weighted by Gasteiger charge is 2.18. The Balaban J connectivity index is 1.75. The number of carboxylic acids is 1. The third kappa shape index (κ3) is 4.87. The summed E-state index contributed by atoms with van der Waals surface area (Å²) in [6, 6.07) is 8.44. The zero-order chi connectivity index (χ0) is 17.6. The van der Waals surface area contributed by atoms with Crippen LogP contribution in [0.3, 0.4) is 0 Å². The first-order valence-corrected chi connectivity index (χ1v) is 8.46. The number of pyridine rings is 2. The fourth-order valence-corrected chi connectivity index (χ4v) is 3.01. The number of hydrogen-bond acceptors (Lipinski definition) is 5. The lowest BCUT2D eigenvalue weighted by atomic mass is 9.92. The Labute approximate surface area is 146 Å². The molecule has 1 aliphatic carbocycles. The molecule has 2 heterocycles. The van der Waals surface area contributed by atoms with Crippen molar-refractivity contribution in [3.8, 4) is 11.3 Å². The first-order valence-electron chi connectivity index (χ1n) is 8.46. The number of nitrogens with zero attached hydrogens (tertiary/aromatic N) is 2. The number of nitrogens with one attached hydrogen (secondary N) is 1. The van der Waals surface area contributed by atoms with E-state index in [1.807, 2.05) is 24.3 Å². The van der Waals surface area contributed by atoms with Crippen molar-refractivity contribution in [3.05, 3.63) is 48.3 Å². The number of nitrogens with two attached hydrogens (primary N) is 1. The average molecular weight is 338 g/mol. The first kappa shape index (κ1) is 17.1. The van der Waals surface area contributed by atoms with Crippen LogP contribution in [-0.4, -0.2) is 33.1 Å². The van der Waals surface area contributed by atoms with Gasteiger partial charge in [-0.3, -0.25) is 4.98 Å². The highest BCUT2D eigenvalue weighted by atomic mass is 16.4. The van der Waals surface area contributed by atoms with Crippen molar-refractivity contribution in [3.63, 3.8) is 0 Å². The second-order valence-electron chi connectivity index (χ2n) is 6.34. The van der Waals surface area contributed by atoms with Gasteiger partial charge in [-0.05, 0) is 55.5 Å². The van der Waals surface area contributed by atoms with Crippen molar-refractivity contribution in [1.29, 1.82) is 0 Å². The average Bonchev–Trinajstić information content (AvgIpc) is 2.62. The Kier molecular flexibility index (Phi) is 5.40. The van der Waals surface area contributed by atoms with E-state index in [0.29, 0.717) is 12.1 Å². The molecule has 3 rings (SSSR count). The minimum Gasteiger partial charge on any atom is -0.478 e. The SMILES string of the molecule is NC1CCC(Nc2cccc(-c3cncc(/C=C/C(=O)O)c3)n2)CC1. The van der Waals surface area contributed by atoms with Crippen LogP contribution in [0, 0.1) is 0 Å². The van der Waals surface area contributed by atoms with Crippen molar-refractivity contribution in [2.24, 2.45) is 5.73 Å². The van der Waals surface area contributed by atoms with E-state index in [4.69, 9.17) is 10.8 Å². The normalized spacial score (nSPS) is 20.5. The Bertz CT molecular complexity index is 768. The number of carboxylic acid groups (broad SMARTS) is 1. The number of carbonyl (C=O) groups is 1. The molecule has 0 bridgehead atoms. The molecule has 0 unspecified atom stereocenters. The third-order valence-electron chi connectivity index (χ3n) is 4.35. The lowest BCUT2D eigenvalue weighted by Crippen LogP contribution is -2.33. The molecular formula is C19H22N4O2. The van der Waals surface area contributed by atoms with Crippen LogP contribution < -0.4 is 11.1 Å². The van der Waals surface area contributed by atoms with Gasteiger partial charge in [-0.1, -0.05) is 6.07 Å². The first-order chi connectivity index (χ1) is 12.1. The molecule has 25 heavy (non-hydrogen) atoms. The number of hydrogen-bond donors (Lipinski definition) is 3. The summed E-state index contributed by atoms with van der Waals surface area (Å²) < 4.78 is 0. The van der Waals surface area contributed by atoms with Gasteiger partial charge in [0, 0.05) is 36.1 Å². The maximum atomic E-state index is 10.6. The van der Waals surface area contributed by atoms with E-state index in [-0.39, 0.29) is 0 Å². The summed E-state index contributed by atoms with van der Waals surface area (Å²) in [5, 5.41) is 12.2. The number of aliphatic carboxylic acids is 1. The maximum absolute atomic E-state index is 10.6. The lowest BCUT2D eigenvalue weighted by Gasteiger charge is -2.27. The van der Waals surface area contributed by atoms with E-state index < -0.39 is 5.97 Å². The van der Waals surface area contributed by atoms with Crippen molar-refractivity contribution >= 4 is 17.9 Å². The Morgan fingerprint density at radius 3 is 2.80 bits per heavy atom. The Morgan fingerprint density at radius 1 is 1.24 bits per heavy atom. The molecule has 0 spiro atoms. The number of aromatic nitrogens is 2. The van der Waals surface area contributed by atoms with Gasteiger partial charge in [0.1, 0.15) is 5.82 Å². The molecule has 2 aromatic rings. The molecular weight excluding hydrogens is 316 g/mol. The fraction of sp³-hybridized carbons (Fsp3) is 0.316. The van der Waals surface area contributed by atoms with E-state index in [1.165, 1.54) is 6.08 Å². The Morgan fingerprint density at radius 2 is 2.04 bits per heavy atom. The van der Waals surface area contributed by atoms with Gasteiger partial charge < -0.3 is 16.2 Å². The molecule has 0 atom stereocenters. The summed E-state index contributed by atoms with van der Waals surface area (Å²) in [6.45, 7) is 0. The predicted molar refractivity (Wildman–Crippen MR) is 98.0 cm³/mol. The topological polar surface area (TPSA) is 101 Å². The van der Waals surface area contributed by atoms with Crippen molar-refractivity contribution < 1.29 is 9.90 Å². The molecule has 0 radical (unpaired) electrons. The second-order valence-corrected chi connectivity index (χ2v) is 6.34. The largest absolute Gasteiger partial charge is 0.478 e. The quantitative estimate of drug-likeness (QED) is 0.725. The molecule has 1 fully saturated rings. The molecule has 1 aliphatic rings. The maximum Gasteiger partial charge on any atom is 0.328 e. The second kappa shape index (κ2) is 7.90. The van der Waals surface area contributed by atoms with Crippen molar-refractivity contribution in [2.75, 3.05) is 5.32 Å². The van der Waals surface area contributed by atoms with Crippen LogP contribution in [0.2, 0.25) is 0 Å². The zero-order valence-corrected chi connectivity index (χ0v) is 13.9. The zero-order valence-electron chi connectivity index (χ0n) is 13.9. The van der Waals surface area contributed by atoms with Gasteiger partial charge in [-0.15, -0.1) is 0 Å². The van der Waals surface area contributed by atoms with Crippen LogP contribution in [0.25, 0.3) is 17.3 Å². The van der Waals surface area contributed by atoms with Gasteiger partial charge in [-0.2, -0.15) is 0 Å². The number of anilines is 1. The van der Waals surface area contributed by atoms with E-state index in [9.17, 15) is 4.79 Å². The van der Waals surface area contributed by atoms with E-state index in [1.54, 1.807) is 12.4 Å². The molecule has 0 amide bonds. The molecule has 0 aliphatic heterocycles. The van der Waals surface area contributed by atoms with Gasteiger partial charge in [0.05, 0.1) is 5.69 Å². The fourth-order valence-electron chi connectivity index (χ4n) is 3.01. The van der Waals surface area contributed by atoms with Crippen LogP contribution in [0.1, 0.15) is 31.2 Å².